The van der Waals surface area contributed by atoms with E-state index in [0.29, 0.717) is 31.8 Å². The van der Waals surface area contributed by atoms with Crippen LogP contribution >= 0.6 is 11.8 Å². The number of pyridine rings is 1. The summed E-state index contributed by atoms with van der Waals surface area (Å²) in [5.74, 6) is -0.145. The second kappa shape index (κ2) is 7.07. The highest BCUT2D eigenvalue weighted by Crippen LogP contribution is 2.46. The molecule has 33 heavy (non-hydrogen) atoms. The van der Waals surface area contributed by atoms with Crippen molar-refractivity contribution in [2.24, 2.45) is 0 Å². The van der Waals surface area contributed by atoms with Gasteiger partial charge in [-0.05, 0) is 35.2 Å². The van der Waals surface area contributed by atoms with Crippen LogP contribution in [0.1, 0.15) is 18.0 Å². The monoisotopic (exact) mass is 462 g/mol. The lowest BCUT2D eigenvalue weighted by Crippen LogP contribution is -2.49. The molecule has 8 nitrogen and oxygen atoms in total. The Hall–Kier alpha value is -2.85. The molecule has 5 aliphatic rings. The van der Waals surface area contributed by atoms with Crippen LogP contribution in [0.25, 0.3) is 10.9 Å². The zero-order chi connectivity index (χ0) is 22.2. The first-order valence-corrected chi connectivity index (χ1v) is 12.1. The molecule has 0 spiro atoms. The van der Waals surface area contributed by atoms with Crippen LogP contribution in [0.4, 0.5) is 11.4 Å². The molecule has 1 aromatic heterocycles. The van der Waals surface area contributed by atoms with Gasteiger partial charge in [0.1, 0.15) is 0 Å². The molecule has 2 bridgehead atoms. The normalized spacial score (nSPS) is 26.9. The molecule has 0 aliphatic carbocycles. The Morgan fingerprint density at radius 2 is 2.06 bits per heavy atom. The molecule has 9 heteroatoms. The smallest absolute Gasteiger partial charge is 0.251 e. The Kier molecular flexibility index (Phi) is 4.20. The molecular formula is C24H22N4O4S. The maximum atomic E-state index is 12.3. The van der Waals surface area contributed by atoms with Crippen molar-refractivity contribution in [1.82, 2.24) is 9.88 Å². The second-order valence-corrected chi connectivity index (χ2v) is 9.94. The first-order chi connectivity index (χ1) is 16.1. The highest BCUT2D eigenvalue weighted by atomic mass is 32.2. The summed E-state index contributed by atoms with van der Waals surface area (Å²) in [6.07, 6.45) is 0.313. The highest BCUT2D eigenvalue weighted by molar-refractivity contribution is 8.00. The maximum Gasteiger partial charge on any atom is 0.251 e. The summed E-state index contributed by atoms with van der Waals surface area (Å²) < 4.78 is 14.0. The highest BCUT2D eigenvalue weighted by Gasteiger charge is 2.58. The molecule has 3 saturated heterocycles. The van der Waals surface area contributed by atoms with E-state index in [1.165, 1.54) is 0 Å². The van der Waals surface area contributed by atoms with E-state index in [1.54, 1.807) is 17.8 Å². The van der Waals surface area contributed by atoms with Crippen molar-refractivity contribution in [3.8, 4) is 0 Å². The predicted octanol–water partition coefficient (Wildman–Crippen LogP) is 2.63. The number of nitrogens with one attached hydrogen (secondary N) is 2. The summed E-state index contributed by atoms with van der Waals surface area (Å²) in [6, 6.07) is 15.9. The van der Waals surface area contributed by atoms with Gasteiger partial charge in [-0.2, -0.15) is 0 Å². The lowest BCUT2D eigenvalue weighted by molar-refractivity contribution is -0.405. The molecule has 0 saturated carbocycles. The van der Waals surface area contributed by atoms with Crippen LogP contribution in [-0.2, 0) is 20.8 Å². The molecule has 8 rings (SSSR count). The second-order valence-electron chi connectivity index (χ2n) is 8.92. The number of carbonyl (C=O) groups is 1. The summed E-state index contributed by atoms with van der Waals surface area (Å²) in [5, 5.41) is 7.64. The number of hydrogen-bond acceptors (Lipinski definition) is 7. The number of carbonyl (C=O) groups excluding carboxylic acids is 1. The average molecular weight is 463 g/mol. The molecule has 3 aromatic rings. The quantitative estimate of drug-likeness (QED) is 0.603. The number of nitrogens with zero attached hydrogens (tertiary/aromatic N) is 2. The Balaban J connectivity index is 1.02. The van der Waals surface area contributed by atoms with Crippen LogP contribution in [0.3, 0.4) is 0 Å². The SMILES string of the molecule is O=C1CSc2ccc(N3CC4(CCN[C@@H]5Cn6c(=O)ccc7cccc5c76)OC3O4)cc2N1. The predicted molar refractivity (Wildman–Crippen MR) is 125 cm³/mol. The number of hydrogen-bond donors (Lipinski definition) is 2. The minimum Gasteiger partial charge on any atom is -0.324 e. The van der Waals surface area contributed by atoms with Gasteiger partial charge in [0.25, 0.3) is 5.56 Å². The Bertz CT molecular complexity index is 1370. The van der Waals surface area contributed by atoms with Crippen molar-refractivity contribution in [3.63, 3.8) is 0 Å². The van der Waals surface area contributed by atoms with Crippen molar-refractivity contribution < 1.29 is 14.3 Å². The maximum absolute atomic E-state index is 12.3. The van der Waals surface area contributed by atoms with Crippen LogP contribution in [0, 0.1) is 0 Å². The van der Waals surface area contributed by atoms with Crippen LogP contribution < -0.4 is 21.1 Å². The third kappa shape index (κ3) is 3.03. The lowest BCUT2D eigenvalue weighted by Gasteiger charge is -2.37. The summed E-state index contributed by atoms with van der Waals surface area (Å²) in [4.78, 5) is 27.2. The van der Waals surface area contributed by atoms with E-state index in [-0.39, 0.29) is 17.5 Å². The molecule has 1 amide bonds. The minimum atomic E-state index is -0.625. The van der Waals surface area contributed by atoms with E-state index in [2.05, 4.69) is 27.7 Å². The summed E-state index contributed by atoms with van der Waals surface area (Å²) in [5.41, 5.74) is 4.06. The molecular weight excluding hydrogens is 440 g/mol. The van der Waals surface area contributed by atoms with Gasteiger partial charge in [0.15, 0.2) is 5.79 Å². The van der Waals surface area contributed by atoms with Crippen molar-refractivity contribution in [2.45, 2.75) is 36.1 Å². The van der Waals surface area contributed by atoms with Crippen molar-refractivity contribution in [2.75, 3.05) is 29.1 Å². The van der Waals surface area contributed by atoms with Crippen molar-refractivity contribution in [1.29, 1.82) is 0 Å². The zero-order valence-electron chi connectivity index (χ0n) is 17.7. The largest absolute Gasteiger partial charge is 0.324 e. The first-order valence-electron chi connectivity index (χ1n) is 11.1. The number of ether oxygens (including phenoxy) is 2. The number of para-hydroxylation sites is 1. The van der Waals surface area contributed by atoms with Crippen molar-refractivity contribution in [3.05, 3.63) is 64.4 Å². The van der Waals surface area contributed by atoms with Gasteiger partial charge in [-0.3, -0.25) is 9.59 Å². The molecule has 6 heterocycles. The fraction of sp³-hybridized carbons (Fsp3) is 0.333. The molecule has 0 radical (unpaired) electrons. The average Bonchev–Trinajstić information content (AvgIpc) is 3.47. The van der Waals surface area contributed by atoms with Gasteiger partial charge >= 0.3 is 0 Å². The molecule has 1 atom stereocenters. The zero-order valence-corrected chi connectivity index (χ0v) is 18.6. The fourth-order valence-corrected chi connectivity index (χ4v) is 6.10. The van der Waals surface area contributed by atoms with Gasteiger partial charge in [0.05, 0.1) is 29.5 Å². The van der Waals surface area contributed by atoms with Crippen molar-refractivity contribution >= 4 is 39.9 Å². The number of anilines is 2. The third-order valence-electron chi connectivity index (χ3n) is 6.90. The van der Waals surface area contributed by atoms with E-state index >= 15 is 0 Å². The van der Waals surface area contributed by atoms with Gasteiger partial charge in [-0.15, -0.1) is 11.8 Å². The minimum absolute atomic E-state index is 0.0254. The molecule has 5 aliphatic heterocycles. The van der Waals surface area contributed by atoms with E-state index in [0.717, 1.165) is 32.7 Å². The van der Waals surface area contributed by atoms with Gasteiger partial charge in [-0.25, -0.2) is 0 Å². The standard InChI is InChI=1S/C24H22N4O4S/c29-20-12-33-19-6-5-15(10-17(19)26-20)28-13-24(31-23(28)32-24)8-9-25-18-11-27-21(30)7-4-14-2-1-3-16(18)22(14)27/h1-7,10,18,23,25H,8-9,11-13H2,(H,26,29)/t18-,23?,24?/m1/s1. The van der Waals surface area contributed by atoms with Crippen LogP contribution in [0.2, 0.25) is 0 Å². The molecule has 3 fully saturated rings. The number of aromatic nitrogens is 1. The van der Waals surface area contributed by atoms with Crippen LogP contribution in [-0.4, -0.2) is 41.5 Å². The summed E-state index contributed by atoms with van der Waals surface area (Å²) in [7, 11) is 0. The third-order valence-corrected chi connectivity index (χ3v) is 7.98. The number of fused-ring (bicyclic) bond motifs is 2. The van der Waals surface area contributed by atoms with Crippen LogP contribution in [0.15, 0.2) is 58.2 Å². The Labute approximate surface area is 193 Å². The fourth-order valence-electron chi connectivity index (χ4n) is 5.31. The summed E-state index contributed by atoms with van der Waals surface area (Å²) in [6.45, 7) is 1.98. The number of rotatable bonds is 5. The Morgan fingerprint density at radius 3 is 2.97 bits per heavy atom. The Morgan fingerprint density at radius 1 is 1.15 bits per heavy atom. The number of thioether (sulfide) groups is 1. The van der Waals surface area contributed by atoms with E-state index in [9.17, 15) is 9.59 Å². The van der Waals surface area contributed by atoms with Gasteiger partial charge in [0.2, 0.25) is 12.3 Å². The molecule has 168 valence electrons. The molecule has 0 unspecified atom stereocenters. The lowest BCUT2D eigenvalue weighted by atomic mass is 10.1. The van der Waals surface area contributed by atoms with Gasteiger partial charge in [0, 0.05) is 36.2 Å². The van der Waals surface area contributed by atoms with E-state index in [1.807, 2.05) is 34.9 Å². The van der Waals surface area contributed by atoms with E-state index in [4.69, 9.17) is 9.47 Å². The van der Waals surface area contributed by atoms with E-state index < -0.39 is 12.2 Å². The van der Waals surface area contributed by atoms with Gasteiger partial charge < -0.3 is 29.6 Å². The van der Waals surface area contributed by atoms with Gasteiger partial charge in [-0.1, -0.05) is 18.2 Å². The topological polar surface area (TPSA) is 84.8 Å². The molecule has 2 N–H and O–H groups in total. The number of amides is 1. The number of benzene rings is 2. The first kappa shape index (κ1) is 19.6. The van der Waals surface area contributed by atoms with Crippen LogP contribution in [0.5, 0.6) is 0 Å². The molecule has 2 aromatic carbocycles. The summed E-state index contributed by atoms with van der Waals surface area (Å²) >= 11 is 1.55.